The third-order valence-corrected chi connectivity index (χ3v) is 6.75. The van der Waals surface area contributed by atoms with Crippen molar-refractivity contribution >= 4 is 28.1 Å². The summed E-state index contributed by atoms with van der Waals surface area (Å²) in [5.74, 6) is 2.56. The minimum atomic E-state index is 0.365. The van der Waals surface area contributed by atoms with Crippen LogP contribution in [0.4, 0.5) is 11.6 Å². The number of aromatic nitrogens is 5. The Morgan fingerprint density at radius 1 is 1.11 bits per heavy atom. The van der Waals surface area contributed by atoms with Crippen LogP contribution in [0.3, 0.4) is 0 Å². The van der Waals surface area contributed by atoms with E-state index in [2.05, 4.69) is 68.1 Å². The van der Waals surface area contributed by atoms with Crippen LogP contribution in [-0.2, 0) is 13.2 Å². The number of pyridine rings is 2. The molecule has 0 spiro atoms. The molecule has 0 unspecified atom stereocenters. The molecule has 0 atom stereocenters. The van der Waals surface area contributed by atoms with E-state index in [1.165, 1.54) is 29.5 Å². The first kappa shape index (κ1) is 21.3. The van der Waals surface area contributed by atoms with Crippen molar-refractivity contribution in [3.8, 4) is 5.75 Å². The smallest absolute Gasteiger partial charge is 0.152 e. The number of nitrogens with zero attached hydrogens (tertiary/aromatic N) is 5. The van der Waals surface area contributed by atoms with Gasteiger partial charge in [0.05, 0.1) is 11.9 Å². The number of nitrogens with two attached hydrogens (primary N) is 1. The van der Waals surface area contributed by atoms with E-state index in [9.17, 15) is 0 Å². The molecule has 8 nitrogen and oxygen atoms in total. The van der Waals surface area contributed by atoms with Gasteiger partial charge in [0.15, 0.2) is 5.82 Å². The number of anilines is 2. The molecule has 0 aliphatic heterocycles. The number of hydrogen-bond acceptors (Lipinski definition) is 7. The van der Waals surface area contributed by atoms with Gasteiger partial charge in [0.2, 0.25) is 0 Å². The standard InChI is InChI=1S/C27H27N7O/c1-16-9-23-22(7-8-29-27(23)28)17(2)24(16)12-30-25-10-21(11-31-33-25)35-15-20-14-34-13-19(18-3-4-18)5-6-26(34)32-20/h5-11,13-14,18H,3-4,12,15H2,1-2H3,(H2,28,29)(H,30,33). The van der Waals surface area contributed by atoms with E-state index in [0.29, 0.717) is 36.5 Å². The highest BCUT2D eigenvalue weighted by Gasteiger charge is 2.23. The van der Waals surface area contributed by atoms with Gasteiger partial charge in [-0.1, -0.05) is 6.07 Å². The van der Waals surface area contributed by atoms with Crippen molar-refractivity contribution < 1.29 is 4.74 Å². The van der Waals surface area contributed by atoms with E-state index < -0.39 is 0 Å². The lowest BCUT2D eigenvalue weighted by molar-refractivity contribution is 0.300. The number of aryl methyl sites for hydroxylation is 2. The summed E-state index contributed by atoms with van der Waals surface area (Å²) in [6.07, 6.45) is 10.2. The van der Waals surface area contributed by atoms with E-state index in [1.54, 1.807) is 12.4 Å². The summed E-state index contributed by atoms with van der Waals surface area (Å²) < 4.78 is 8.07. The Morgan fingerprint density at radius 3 is 2.86 bits per heavy atom. The Labute approximate surface area is 203 Å². The molecule has 0 bridgehead atoms. The summed E-state index contributed by atoms with van der Waals surface area (Å²) in [7, 11) is 0. The molecule has 4 aromatic heterocycles. The van der Waals surface area contributed by atoms with Crippen molar-refractivity contribution in [1.82, 2.24) is 24.6 Å². The molecule has 0 radical (unpaired) electrons. The van der Waals surface area contributed by atoms with Crippen LogP contribution in [0.25, 0.3) is 16.4 Å². The fraction of sp³-hybridized carbons (Fsp3) is 0.259. The second kappa shape index (κ2) is 8.54. The molecular formula is C27H27N7O. The molecule has 35 heavy (non-hydrogen) atoms. The fourth-order valence-corrected chi connectivity index (χ4v) is 4.64. The summed E-state index contributed by atoms with van der Waals surface area (Å²) in [6.45, 7) is 5.18. The van der Waals surface area contributed by atoms with Gasteiger partial charge in [-0.25, -0.2) is 9.97 Å². The largest absolute Gasteiger partial charge is 0.485 e. The zero-order valence-electron chi connectivity index (χ0n) is 19.8. The third kappa shape index (κ3) is 4.23. The Bertz CT molecular complexity index is 1550. The fourth-order valence-electron chi connectivity index (χ4n) is 4.64. The second-order valence-electron chi connectivity index (χ2n) is 9.24. The monoisotopic (exact) mass is 465 g/mol. The SMILES string of the molecule is Cc1cc2c(N)nccc2c(C)c1CNc1cc(OCc2cn3cc(C4CC4)ccc3n2)cnn1. The molecule has 1 saturated carbocycles. The number of hydrogen-bond donors (Lipinski definition) is 2. The third-order valence-electron chi connectivity index (χ3n) is 6.75. The maximum atomic E-state index is 6.07. The molecule has 1 fully saturated rings. The lowest BCUT2D eigenvalue weighted by atomic mass is 9.96. The van der Waals surface area contributed by atoms with Crippen molar-refractivity contribution in [2.24, 2.45) is 0 Å². The highest BCUT2D eigenvalue weighted by atomic mass is 16.5. The van der Waals surface area contributed by atoms with Crippen LogP contribution in [0.5, 0.6) is 5.75 Å². The van der Waals surface area contributed by atoms with Crippen LogP contribution in [-0.4, -0.2) is 24.6 Å². The molecule has 1 aliphatic rings. The molecule has 3 N–H and O–H groups in total. The summed E-state index contributed by atoms with van der Waals surface area (Å²) in [5.41, 5.74) is 12.8. The average molecular weight is 466 g/mol. The van der Waals surface area contributed by atoms with E-state index in [-0.39, 0.29) is 0 Å². The normalized spacial score (nSPS) is 13.4. The van der Waals surface area contributed by atoms with Gasteiger partial charge in [0.1, 0.15) is 23.8 Å². The highest BCUT2D eigenvalue weighted by Crippen LogP contribution is 2.39. The van der Waals surface area contributed by atoms with E-state index in [0.717, 1.165) is 27.7 Å². The topological polar surface area (TPSA) is 103 Å². The summed E-state index contributed by atoms with van der Waals surface area (Å²) in [5, 5.41) is 13.8. The maximum Gasteiger partial charge on any atom is 0.152 e. The Hall–Kier alpha value is -4.20. The van der Waals surface area contributed by atoms with Crippen LogP contribution in [0.15, 0.2) is 55.1 Å². The molecule has 8 heteroatoms. The molecule has 4 heterocycles. The van der Waals surface area contributed by atoms with Crippen molar-refractivity contribution in [1.29, 1.82) is 0 Å². The quantitative estimate of drug-likeness (QED) is 0.351. The Balaban J connectivity index is 1.15. The highest BCUT2D eigenvalue weighted by molar-refractivity contribution is 5.94. The number of nitrogen functional groups attached to an aromatic ring is 1. The Morgan fingerprint density at radius 2 is 2.00 bits per heavy atom. The Kier molecular flexibility index (Phi) is 5.21. The van der Waals surface area contributed by atoms with Gasteiger partial charge in [-0.3, -0.25) is 0 Å². The number of imidazole rings is 1. The molecule has 1 aliphatic carbocycles. The molecule has 0 saturated heterocycles. The zero-order valence-corrected chi connectivity index (χ0v) is 19.8. The maximum absolute atomic E-state index is 6.07. The predicted octanol–water partition coefficient (Wildman–Crippen LogP) is 4.94. The van der Waals surface area contributed by atoms with Gasteiger partial charge < -0.3 is 20.2 Å². The summed E-state index contributed by atoms with van der Waals surface area (Å²) in [6, 6.07) is 10.2. The lowest BCUT2D eigenvalue weighted by Gasteiger charge is -2.15. The van der Waals surface area contributed by atoms with E-state index in [4.69, 9.17) is 10.5 Å². The minimum absolute atomic E-state index is 0.365. The zero-order chi connectivity index (χ0) is 23.9. The second-order valence-corrected chi connectivity index (χ2v) is 9.24. The number of rotatable bonds is 7. The minimum Gasteiger partial charge on any atom is -0.485 e. The van der Waals surface area contributed by atoms with Crippen LogP contribution < -0.4 is 15.8 Å². The average Bonchev–Trinajstić information content (AvgIpc) is 3.63. The molecule has 6 rings (SSSR count). The van der Waals surface area contributed by atoms with Crippen molar-refractivity contribution in [2.45, 2.75) is 45.8 Å². The van der Waals surface area contributed by atoms with E-state index in [1.807, 2.05) is 18.3 Å². The number of ether oxygens (including phenoxy) is 1. The van der Waals surface area contributed by atoms with E-state index >= 15 is 0 Å². The number of fused-ring (bicyclic) bond motifs is 2. The van der Waals surface area contributed by atoms with Crippen LogP contribution in [0.2, 0.25) is 0 Å². The molecule has 5 aromatic rings. The van der Waals surface area contributed by atoms with Crippen molar-refractivity contribution in [3.63, 3.8) is 0 Å². The number of nitrogens with one attached hydrogen (secondary N) is 1. The van der Waals surface area contributed by atoms with Crippen LogP contribution >= 0.6 is 0 Å². The van der Waals surface area contributed by atoms with Crippen molar-refractivity contribution in [3.05, 3.63) is 83.1 Å². The first-order valence-electron chi connectivity index (χ1n) is 11.9. The van der Waals surface area contributed by atoms with Crippen molar-refractivity contribution in [2.75, 3.05) is 11.1 Å². The lowest BCUT2D eigenvalue weighted by Crippen LogP contribution is -2.07. The first-order chi connectivity index (χ1) is 17.0. The van der Waals surface area contributed by atoms with Gasteiger partial charge in [-0.2, -0.15) is 5.10 Å². The van der Waals surface area contributed by atoms with Gasteiger partial charge in [0.25, 0.3) is 0 Å². The molecule has 0 amide bonds. The predicted molar refractivity (Wildman–Crippen MR) is 136 cm³/mol. The van der Waals surface area contributed by atoms with Gasteiger partial charge in [0, 0.05) is 36.6 Å². The van der Waals surface area contributed by atoms with Crippen LogP contribution in [0.1, 0.15) is 46.7 Å². The summed E-state index contributed by atoms with van der Waals surface area (Å²) >= 11 is 0. The van der Waals surface area contributed by atoms with Crippen LogP contribution in [0, 0.1) is 13.8 Å². The first-order valence-corrected chi connectivity index (χ1v) is 11.9. The van der Waals surface area contributed by atoms with Gasteiger partial charge in [-0.15, -0.1) is 5.10 Å². The molecule has 176 valence electrons. The molecule has 1 aromatic carbocycles. The number of benzene rings is 1. The molecular weight excluding hydrogens is 438 g/mol. The van der Waals surface area contributed by atoms with Gasteiger partial charge in [-0.05, 0) is 78.4 Å². The van der Waals surface area contributed by atoms with Gasteiger partial charge >= 0.3 is 0 Å². The summed E-state index contributed by atoms with van der Waals surface area (Å²) in [4.78, 5) is 8.88.